The van der Waals surface area contributed by atoms with Gasteiger partial charge >= 0.3 is 0 Å². The zero-order chi connectivity index (χ0) is 33.4. The quantitative estimate of drug-likeness (QED) is 0.124. The average molecular weight is 632 g/mol. The molecule has 0 atom stereocenters. The fourth-order valence-electron chi connectivity index (χ4n) is 5.68. The van der Waals surface area contributed by atoms with Gasteiger partial charge in [-0.3, -0.25) is 0 Å². The second kappa shape index (κ2) is 14.4. The fourth-order valence-corrected chi connectivity index (χ4v) is 5.68. The minimum absolute atomic E-state index is 0.574. The van der Waals surface area contributed by atoms with Gasteiger partial charge in [0.2, 0.25) is 0 Å². The van der Waals surface area contributed by atoms with Crippen LogP contribution in [0, 0.1) is 0 Å². The van der Waals surface area contributed by atoms with Crippen molar-refractivity contribution in [1.29, 1.82) is 0 Å². The molecule has 0 N–H and O–H groups in total. The molecular formula is C44H33N5. The van der Waals surface area contributed by atoms with Crippen LogP contribution in [0.25, 0.3) is 67.5 Å². The number of amidine groups is 1. The van der Waals surface area contributed by atoms with Gasteiger partial charge in [-0.15, -0.1) is 0 Å². The second-order valence-electron chi connectivity index (χ2n) is 11.5. The van der Waals surface area contributed by atoms with Gasteiger partial charge in [-0.2, -0.15) is 0 Å². The highest BCUT2D eigenvalue weighted by Crippen LogP contribution is 2.34. The van der Waals surface area contributed by atoms with E-state index in [1.807, 2.05) is 91.9 Å². The Morgan fingerprint density at radius 1 is 0.449 bits per heavy atom. The van der Waals surface area contributed by atoms with Crippen LogP contribution in [-0.4, -0.2) is 27.5 Å². The van der Waals surface area contributed by atoms with E-state index >= 15 is 0 Å². The third kappa shape index (κ3) is 7.07. The van der Waals surface area contributed by atoms with Crippen molar-refractivity contribution in [2.45, 2.75) is 6.92 Å². The number of nitrogens with zero attached hydrogens (tertiary/aromatic N) is 5. The molecule has 7 aromatic rings. The zero-order valence-electron chi connectivity index (χ0n) is 27.1. The smallest absolute Gasteiger partial charge is 0.164 e. The van der Waals surface area contributed by atoms with Gasteiger partial charge in [-0.1, -0.05) is 146 Å². The van der Waals surface area contributed by atoms with Gasteiger partial charge in [0.1, 0.15) is 0 Å². The summed E-state index contributed by atoms with van der Waals surface area (Å²) in [5, 5.41) is 0. The number of rotatable bonds is 8. The van der Waals surface area contributed by atoms with Gasteiger partial charge in [0.25, 0.3) is 0 Å². The van der Waals surface area contributed by atoms with Gasteiger partial charge in [-0.25, -0.2) is 24.9 Å². The van der Waals surface area contributed by atoms with Crippen molar-refractivity contribution in [3.8, 4) is 67.5 Å². The lowest BCUT2D eigenvalue weighted by Gasteiger charge is -2.13. The molecule has 0 radical (unpaired) electrons. The zero-order valence-corrected chi connectivity index (χ0v) is 27.1. The lowest BCUT2D eigenvalue weighted by molar-refractivity contribution is 1.07. The van der Waals surface area contributed by atoms with Crippen LogP contribution in [0.5, 0.6) is 0 Å². The predicted octanol–water partition coefficient (Wildman–Crippen LogP) is 10.9. The maximum Gasteiger partial charge on any atom is 0.164 e. The molecule has 5 nitrogen and oxygen atoms in total. The Bertz CT molecular complexity index is 2200. The Labute approximate surface area is 286 Å². The molecule has 5 heteroatoms. The lowest BCUT2D eigenvalue weighted by Crippen LogP contribution is -2.00. The highest BCUT2D eigenvalue weighted by Gasteiger charge is 2.15. The van der Waals surface area contributed by atoms with E-state index in [-0.39, 0.29) is 0 Å². The van der Waals surface area contributed by atoms with Gasteiger partial charge in [0.05, 0.1) is 0 Å². The van der Waals surface area contributed by atoms with Crippen LogP contribution < -0.4 is 0 Å². The normalized spacial score (nSPS) is 11.5. The Morgan fingerprint density at radius 2 is 0.816 bits per heavy atom. The summed E-state index contributed by atoms with van der Waals surface area (Å²) in [6.45, 7) is 5.63. The summed E-state index contributed by atoms with van der Waals surface area (Å²) in [4.78, 5) is 23.5. The number of hydrogen-bond acceptors (Lipinski definition) is 4. The maximum absolute atomic E-state index is 5.04. The van der Waals surface area contributed by atoms with Crippen LogP contribution in [0.15, 0.2) is 180 Å². The molecule has 0 fully saturated rings. The Morgan fingerprint density at radius 3 is 1.27 bits per heavy atom. The first-order valence-electron chi connectivity index (χ1n) is 16.1. The first-order valence-corrected chi connectivity index (χ1v) is 16.1. The van der Waals surface area contributed by atoms with Crippen LogP contribution in [0.1, 0.15) is 12.5 Å². The number of hydrogen-bond donors (Lipinski definition) is 0. The summed E-state index contributed by atoms with van der Waals surface area (Å²) >= 11 is 0. The monoisotopic (exact) mass is 631 g/mol. The second-order valence-corrected chi connectivity index (χ2v) is 11.5. The Balaban J connectivity index is 1.38. The van der Waals surface area contributed by atoms with Crippen LogP contribution in [-0.2, 0) is 0 Å². The third-order valence-corrected chi connectivity index (χ3v) is 8.19. The number of allylic oxidation sites excluding steroid dienone is 1. The van der Waals surface area contributed by atoms with Crippen molar-refractivity contribution < 1.29 is 0 Å². The number of aromatic nitrogens is 3. The Kier molecular flexibility index (Phi) is 9.15. The molecule has 0 aliphatic heterocycles. The van der Waals surface area contributed by atoms with E-state index in [1.165, 1.54) is 11.1 Å². The summed E-state index contributed by atoms with van der Waals surface area (Å²) in [6, 6.07) is 53.9. The molecule has 0 spiro atoms. The third-order valence-electron chi connectivity index (χ3n) is 8.19. The van der Waals surface area contributed by atoms with Crippen molar-refractivity contribution in [1.82, 2.24) is 15.0 Å². The molecule has 0 aliphatic rings. The van der Waals surface area contributed by atoms with Crippen molar-refractivity contribution in [2.75, 3.05) is 0 Å². The average Bonchev–Trinajstić information content (AvgIpc) is 3.19. The lowest BCUT2D eigenvalue weighted by atomic mass is 9.94. The summed E-state index contributed by atoms with van der Waals surface area (Å²) in [7, 11) is 0. The minimum atomic E-state index is 0.574. The molecule has 0 saturated carbocycles. The summed E-state index contributed by atoms with van der Waals surface area (Å²) in [5.41, 5.74) is 10.2. The molecule has 6 aromatic carbocycles. The van der Waals surface area contributed by atoms with E-state index < -0.39 is 0 Å². The summed E-state index contributed by atoms with van der Waals surface area (Å²) in [5.74, 6) is 2.42. The van der Waals surface area contributed by atoms with Crippen LogP contribution >= 0.6 is 0 Å². The molecule has 7 rings (SSSR count). The van der Waals surface area contributed by atoms with Gasteiger partial charge < -0.3 is 0 Å². The first-order chi connectivity index (χ1) is 24.2. The van der Waals surface area contributed by atoms with Crippen LogP contribution in [0.4, 0.5) is 0 Å². The number of aliphatic imine (C=N–C) groups is 2. The molecule has 0 saturated heterocycles. The molecule has 0 unspecified atom stereocenters. The highest BCUT2D eigenvalue weighted by atomic mass is 15.0. The molecular weight excluding hydrogens is 599 g/mol. The van der Waals surface area contributed by atoms with Crippen molar-refractivity contribution in [3.63, 3.8) is 0 Å². The van der Waals surface area contributed by atoms with Crippen molar-refractivity contribution >= 4 is 12.6 Å². The topological polar surface area (TPSA) is 63.4 Å². The maximum atomic E-state index is 5.04. The van der Waals surface area contributed by atoms with Gasteiger partial charge in [-0.05, 0) is 65.2 Å². The standard InChI is InChI=1S/C44H33N5/c1-3-27-46-41(45-2)37-25-23-34(24-26-37)39-28-38(33-21-19-32(20-22-33)31-13-7-4-8-14-31)29-40(30-39)44-48-42(35-15-9-5-10-16-35)47-43(49-44)36-17-11-6-12-18-36/h3-30H,2H2,1H3/b27-3-,46-41?. The van der Waals surface area contributed by atoms with E-state index in [2.05, 4.69) is 95.6 Å². The fraction of sp³-hybridized carbons (Fsp3) is 0.0227. The van der Waals surface area contributed by atoms with E-state index in [0.29, 0.717) is 23.3 Å². The van der Waals surface area contributed by atoms with Crippen molar-refractivity contribution in [3.05, 3.63) is 176 Å². The molecule has 49 heavy (non-hydrogen) atoms. The van der Waals surface area contributed by atoms with Gasteiger partial charge in [0.15, 0.2) is 23.3 Å². The predicted molar refractivity (Wildman–Crippen MR) is 203 cm³/mol. The van der Waals surface area contributed by atoms with Crippen LogP contribution in [0.3, 0.4) is 0 Å². The molecule has 234 valence electrons. The SMILES string of the molecule is C=NC(=N/C=C\C)c1ccc(-c2cc(-c3ccc(-c4ccccc4)cc3)cc(-c3nc(-c4ccccc4)nc(-c4ccccc4)n3)c2)cc1. The van der Waals surface area contributed by atoms with E-state index in [0.717, 1.165) is 44.5 Å². The summed E-state index contributed by atoms with van der Waals surface area (Å²) in [6.07, 6.45) is 3.59. The van der Waals surface area contributed by atoms with Crippen LogP contribution in [0.2, 0.25) is 0 Å². The molecule has 0 bridgehead atoms. The largest absolute Gasteiger partial charge is 0.245 e. The molecule has 1 aromatic heterocycles. The van der Waals surface area contributed by atoms with Gasteiger partial charge in [0, 0.05) is 28.5 Å². The molecule has 0 aliphatic carbocycles. The number of benzene rings is 6. The summed E-state index contributed by atoms with van der Waals surface area (Å²) < 4.78 is 0. The first kappa shape index (κ1) is 31.0. The minimum Gasteiger partial charge on any atom is -0.245 e. The van der Waals surface area contributed by atoms with E-state index in [4.69, 9.17) is 15.0 Å². The highest BCUT2D eigenvalue weighted by molar-refractivity contribution is 6.02. The molecule has 1 heterocycles. The van der Waals surface area contributed by atoms with E-state index in [1.54, 1.807) is 6.20 Å². The van der Waals surface area contributed by atoms with E-state index in [9.17, 15) is 0 Å². The van der Waals surface area contributed by atoms with Crippen molar-refractivity contribution in [2.24, 2.45) is 9.98 Å². The molecule has 0 amide bonds. The Hall–Kier alpha value is -6.59.